The molecule has 1 aromatic carbocycles. The monoisotopic (exact) mass is 334 g/mol. The van der Waals surface area contributed by atoms with Crippen LogP contribution in [-0.4, -0.2) is 23.4 Å². The summed E-state index contributed by atoms with van der Waals surface area (Å²) >= 11 is 0. The number of aliphatic hydroxyl groups is 1. The maximum atomic E-state index is 12.4. The summed E-state index contributed by atoms with van der Waals surface area (Å²) in [5.74, 6) is 0.502. The molecule has 0 aliphatic rings. The van der Waals surface area contributed by atoms with Crippen LogP contribution in [0.3, 0.4) is 0 Å². The Morgan fingerprint density at radius 2 is 2.04 bits per heavy atom. The fourth-order valence-electron chi connectivity index (χ4n) is 2.99. The van der Waals surface area contributed by atoms with Gasteiger partial charge in [-0.15, -0.1) is 0 Å². The van der Waals surface area contributed by atoms with Gasteiger partial charge in [0, 0.05) is 6.07 Å². The van der Waals surface area contributed by atoms with Crippen molar-refractivity contribution in [3.8, 4) is 11.5 Å². The van der Waals surface area contributed by atoms with Gasteiger partial charge in [0.1, 0.15) is 23.7 Å². The molecule has 5 nitrogen and oxygen atoms in total. The molecule has 1 unspecified atom stereocenters. The summed E-state index contributed by atoms with van der Waals surface area (Å²) in [6.07, 6.45) is 4.91. The summed E-state index contributed by atoms with van der Waals surface area (Å²) < 4.78 is 10.7. The van der Waals surface area contributed by atoms with Gasteiger partial charge in [0.15, 0.2) is 0 Å². The first kappa shape index (κ1) is 18.3. The normalized spacial score (nSPS) is 12.5. The quantitative estimate of drug-likeness (QED) is 0.536. The third-order valence-electron chi connectivity index (χ3n) is 4.30. The van der Waals surface area contributed by atoms with E-state index in [1.807, 2.05) is 6.92 Å². The van der Waals surface area contributed by atoms with Crippen molar-refractivity contribution >= 4 is 11.0 Å². The van der Waals surface area contributed by atoms with Gasteiger partial charge in [-0.1, -0.05) is 33.1 Å². The van der Waals surface area contributed by atoms with E-state index in [1.165, 1.54) is 0 Å². The second-order valence-corrected chi connectivity index (χ2v) is 5.98. The number of aromatic hydroxyl groups is 1. The lowest BCUT2D eigenvalue weighted by molar-refractivity contribution is 0.201. The lowest BCUT2D eigenvalue weighted by atomic mass is 9.90. The van der Waals surface area contributed by atoms with Crippen LogP contribution in [0.5, 0.6) is 11.5 Å². The van der Waals surface area contributed by atoms with Crippen molar-refractivity contribution in [3.05, 3.63) is 34.2 Å². The van der Waals surface area contributed by atoms with Crippen molar-refractivity contribution in [2.24, 2.45) is 0 Å². The number of hydrogen-bond acceptors (Lipinski definition) is 5. The highest BCUT2D eigenvalue weighted by molar-refractivity contribution is 5.85. The lowest BCUT2D eigenvalue weighted by Crippen LogP contribution is -2.13. The number of aliphatic hydroxyl groups excluding tert-OH is 1. The Bertz CT molecular complexity index is 720. The Morgan fingerprint density at radius 1 is 1.25 bits per heavy atom. The predicted molar refractivity (Wildman–Crippen MR) is 93.9 cm³/mol. The molecule has 0 radical (unpaired) electrons. The summed E-state index contributed by atoms with van der Waals surface area (Å²) in [6.45, 7) is 4.22. The van der Waals surface area contributed by atoms with Gasteiger partial charge in [0.2, 0.25) is 0 Å². The number of rotatable bonds is 9. The van der Waals surface area contributed by atoms with E-state index in [0.29, 0.717) is 22.3 Å². The minimum atomic E-state index is -0.484. The Morgan fingerprint density at radius 3 is 2.71 bits per heavy atom. The van der Waals surface area contributed by atoms with E-state index < -0.39 is 5.63 Å². The smallest absolute Gasteiger partial charge is 0.343 e. The number of ether oxygens (including phenoxy) is 1. The molecule has 1 heterocycles. The van der Waals surface area contributed by atoms with Crippen LogP contribution in [0.4, 0.5) is 0 Å². The maximum absolute atomic E-state index is 12.4. The Kier molecular flexibility index (Phi) is 6.67. The van der Waals surface area contributed by atoms with Crippen LogP contribution in [-0.2, 0) is 0 Å². The molecule has 0 aliphatic heterocycles. The van der Waals surface area contributed by atoms with E-state index in [4.69, 9.17) is 14.3 Å². The molecule has 0 bridgehead atoms. The van der Waals surface area contributed by atoms with Crippen LogP contribution >= 0.6 is 0 Å². The van der Waals surface area contributed by atoms with E-state index in [-0.39, 0.29) is 24.9 Å². The van der Waals surface area contributed by atoms with Gasteiger partial charge in [0.05, 0.1) is 17.6 Å². The highest BCUT2D eigenvalue weighted by Gasteiger charge is 2.21. The van der Waals surface area contributed by atoms with Crippen LogP contribution < -0.4 is 10.4 Å². The van der Waals surface area contributed by atoms with Gasteiger partial charge >= 0.3 is 5.63 Å². The fraction of sp³-hybridized carbons (Fsp3) is 0.526. The highest BCUT2D eigenvalue weighted by Crippen LogP contribution is 2.35. The molecule has 5 heteroatoms. The highest BCUT2D eigenvalue weighted by atomic mass is 16.5. The second kappa shape index (κ2) is 8.73. The average molecular weight is 334 g/mol. The SMILES string of the molecule is CCCCCC(CC)c1c(O)c2ccc(OCCO)cc2oc1=O. The standard InChI is InChI=1S/C19H26O5/c1-3-5-6-7-13(4-2)17-18(21)15-9-8-14(23-11-10-20)12-16(15)24-19(17)22/h8-9,12-13,20-21H,3-7,10-11H2,1-2H3. The molecule has 0 spiro atoms. The zero-order valence-corrected chi connectivity index (χ0v) is 14.4. The molecule has 24 heavy (non-hydrogen) atoms. The summed E-state index contributed by atoms with van der Waals surface area (Å²) in [6, 6.07) is 4.94. The van der Waals surface area contributed by atoms with E-state index in [9.17, 15) is 9.90 Å². The third kappa shape index (κ3) is 4.09. The van der Waals surface area contributed by atoms with Crippen LogP contribution in [0, 0.1) is 0 Å². The van der Waals surface area contributed by atoms with Gasteiger partial charge in [0.25, 0.3) is 0 Å². The molecule has 2 rings (SSSR count). The minimum Gasteiger partial charge on any atom is -0.507 e. The van der Waals surface area contributed by atoms with Crippen molar-refractivity contribution in [1.82, 2.24) is 0 Å². The number of unbranched alkanes of at least 4 members (excludes halogenated alkanes) is 2. The molecule has 1 aromatic heterocycles. The van der Waals surface area contributed by atoms with Crippen molar-refractivity contribution in [1.29, 1.82) is 0 Å². The molecular weight excluding hydrogens is 308 g/mol. The van der Waals surface area contributed by atoms with E-state index in [0.717, 1.165) is 32.1 Å². The van der Waals surface area contributed by atoms with Gasteiger partial charge in [-0.25, -0.2) is 4.79 Å². The first-order valence-corrected chi connectivity index (χ1v) is 8.65. The van der Waals surface area contributed by atoms with Gasteiger partial charge < -0.3 is 19.4 Å². The van der Waals surface area contributed by atoms with Crippen molar-refractivity contribution in [3.63, 3.8) is 0 Å². The van der Waals surface area contributed by atoms with Gasteiger partial charge in [-0.2, -0.15) is 0 Å². The Labute approximate surface area is 141 Å². The number of hydrogen-bond donors (Lipinski definition) is 2. The molecule has 1 atom stereocenters. The van der Waals surface area contributed by atoms with Crippen molar-refractivity contribution < 1.29 is 19.4 Å². The van der Waals surface area contributed by atoms with Crippen LogP contribution in [0.15, 0.2) is 27.4 Å². The van der Waals surface area contributed by atoms with Crippen LogP contribution in [0.25, 0.3) is 11.0 Å². The molecular formula is C19H26O5. The predicted octanol–water partition coefficient (Wildman–Crippen LogP) is 3.94. The zero-order valence-electron chi connectivity index (χ0n) is 14.4. The topological polar surface area (TPSA) is 79.9 Å². The van der Waals surface area contributed by atoms with E-state index in [2.05, 4.69) is 6.92 Å². The van der Waals surface area contributed by atoms with Crippen molar-refractivity contribution in [2.75, 3.05) is 13.2 Å². The molecule has 0 saturated heterocycles. The Balaban J connectivity index is 2.39. The van der Waals surface area contributed by atoms with Crippen LogP contribution in [0.1, 0.15) is 57.4 Å². The summed E-state index contributed by atoms with van der Waals surface area (Å²) in [5.41, 5.74) is 0.188. The summed E-state index contributed by atoms with van der Waals surface area (Å²) in [7, 11) is 0. The second-order valence-electron chi connectivity index (χ2n) is 5.98. The molecule has 0 amide bonds. The van der Waals surface area contributed by atoms with Crippen LogP contribution in [0.2, 0.25) is 0 Å². The zero-order chi connectivity index (χ0) is 17.5. The average Bonchev–Trinajstić information content (AvgIpc) is 2.58. The molecule has 0 fully saturated rings. The van der Waals surface area contributed by atoms with E-state index >= 15 is 0 Å². The third-order valence-corrected chi connectivity index (χ3v) is 4.30. The van der Waals surface area contributed by atoms with Gasteiger partial charge in [-0.05, 0) is 30.9 Å². The molecule has 2 N–H and O–H groups in total. The maximum Gasteiger partial charge on any atom is 0.343 e. The lowest BCUT2D eigenvalue weighted by Gasteiger charge is -2.16. The first-order valence-electron chi connectivity index (χ1n) is 8.65. The first-order chi connectivity index (χ1) is 11.6. The Hall–Kier alpha value is -2.01. The fourth-order valence-corrected chi connectivity index (χ4v) is 2.99. The van der Waals surface area contributed by atoms with Crippen molar-refractivity contribution in [2.45, 2.75) is 51.9 Å². The molecule has 0 aliphatic carbocycles. The molecule has 2 aromatic rings. The number of fused-ring (bicyclic) bond motifs is 1. The van der Waals surface area contributed by atoms with E-state index in [1.54, 1.807) is 18.2 Å². The summed E-state index contributed by atoms with van der Waals surface area (Å²) in [4.78, 5) is 12.4. The largest absolute Gasteiger partial charge is 0.507 e. The molecule has 0 saturated carbocycles. The summed E-state index contributed by atoms with van der Waals surface area (Å²) in [5, 5.41) is 19.9. The number of benzene rings is 1. The minimum absolute atomic E-state index is 0.00233. The van der Waals surface area contributed by atoms with Gasteiger partial charge in [-0.3, -0.25) is 0 Å². The molecule has 132 valence electrons.